The van der Waals surface area contributed by atoms with Crippen LogP contribution in [0.5, 0.6) is 0 Å². The highest BCUT2D eigenvalue weighted by Gasteiger charge is 2.47. The highest BCUT2D eigenvalue weighted by atomic mass is 35.5. The Bertz CT molecular complexity index is 1770. The van der Waals surface area contributed by atoms with Gasteiger partial charge in [-0.1, -0.05) is 54.2 Å². The molecule has 14 heteroatoms. The molecule has 244 valence electrons. The predicted octanol–water partition coefficient (Wildman–Crippen LogP) is 5.61. The normalized spacial score (nSPS) is 21.5. The van der Waals surface area contributed by atoms with Crippen LogP contribution in [0.3, 0.4) is 0 Å². The number of rotatable bonds is 10. The van der Waals surface area contributed by atoms with E-state index in [1.54, 1.807) is 29.2 Å². The molecule has 2 amide bonds. The molecular weight excluding hydrogens is 660 g/mol. The fourth-order valence-electron chi connectivity index (χ4n) is 6.44. The number of halogens is 3. The molecule has 0 bridgehead atoms. The molecule has 0 radical (unpaired) electrons. The van der Waals surface area contributed by atoms with Crippen LogP contribution in [0, 0.1) is 5.82 Å². The van der Waals surface area contributed by atoms with E-state index in [1.165, 1.54) is 36.4 Å². The quantitative estimate of drug-likeness (QED) is 0.235. The standard InChI is InChI=1S/C32H32Cl2FN3O7S/c1-46(43,44)37-27-7-2-3-8-28(27)38-30(23-11-9-20(33)14-26(23)34)25(24-15-21(35)10-12-22(24)31(38)40)16-29(39)36-45-17-18-5-4-6-19(13-18)32(41)42/h4-6,9-15,25,27-28,30,37H,2-3,7-8,16-17H2,1H3,(H,36,39)(H,41,42)/t25-,27+,28+,30+/m1/s1. The first-order chi connectivity index (χ1) is 21.8. The van der Waals surface area contributed by atoms with Crippen LogP contribution in [0.4, 0.5) is 4.39 Å². The summed E-state index contributed by atoms with van der Waals surface area (Å²) in [4.78, 5) is 46.1. The van der Waals surface area contributed by atoms with E-state index in [9.17, 15) is 32.3 Å². The second-order valence-corrected chi connectivity index (χ2v) is 14.2. The second kappa shape index (κ2) is 14.1. The van der Waals surface area contributed by atoms with Crippen LogP contribution in [-0.4, -0.2) is 54.5 Å². The number of benzene rings is 3. The zero-order valence-electron chi connectivity index (χ0n) is 24.7. The average molecular weight is 693 g/mol. The molecule has 10 nitrogen and oxygen atoms in total. The van der Waals surface area contributed by atoms with Crippen LogP contribution in [0.2, 0.25) is 10.0 Å². The van der Waals surface area contributed by atoms with Gasteiger partial charge in [0.1, 0.15) is 5.82 Å². The van der Waals surface area contributed by atoms with Crippen molar-refractivity contribution in [3.63, 3.8) is 0 Å². The summed E-state index contributed by atoms with van der Waals surface area (Å²) in [5.74, 6) is -3.57. The maximum Gasteiger partial charge on any atom is 0.335 e. The van der Waals surface area contributed by atoms with Crippen molar-refractivity contribution in [2.45, 2.75) is 62.8 Å². The van der Waals surface area contributed by atoms with E-state index in [4.69, 9.17) is 28.0 Å². The van der Waals surface area contributed by atoms with Gasteiger partial charge in [0, 0.05) is 40.0 Å². The number of aromatic carboxylic acids is 1. The van der Waals surface area contributed by atoms with Crippen LogP contribution >= 0.6 is 23.2 Å². The van der Waals surface area contributed by atoms with Crippen LogP contribution < -0.4 is 10.2 Å². The van der Waals surface area contributed by atoms with E-state index in [2.05, 4.69) is 10.2 Å². The predicted molar refractivity (Wildman–Crippen MR) is 169 cm³/mol. The summed E-state index contributed by atoms with van der Waals surface area (Å²) >= 11 is 12.9. The molecule has 1 heterocycles. The number of hydroxylamine groups is 1. The molecule has 0 aromatic heterocycles. The van der Waals surface area contributed by atoms with E-state index >= 15 is 0 Å². The fraction of sp³-hybridized carbons (Fsp3) is 0.344. The van der Waals surface area contributed by atoms with E-state index in [-0.39, 0.29) is 29.2 Å². The molecule has 5 rings (SSSR count). The molecule has 1 aliphatic heterocycles. The van der Waals surface area contributed by atoms with Crippen molar-refractivity contribution in [1.82, 2.24) is 15.1 Å². The van der Waals surface area contributed by atoms with Crippen LogP contribution in [0.15, 0.2) is 60.7 Å². The number of nitrogens with one attached hydrogen (secondary N) is 2. The molecule has 2 aliphatic rings. The van der Waals surface area contributed by atoms with E-state index in [0.717, 1.165) is 19.1 Å². The third-order valence-corrected chi connectivity index (χ3v) is 9.59. The maximum atomic E-state index is 14.8. The molecule has 1 saturated carbocycles. The smallest absolute Gasteiger partial charge is 0.335 e. The minimum atomic E-state index is -3.64. The van der Waals surface area contributed by atoms with Gasteiger partial charge in [-0.3, -0.25) is 14.4 Å². The zero-order valence-corrected chi connectivity index (χ0v) is 27.0. The molecular formula is C32H32Cl2FN3O7S. The first-order valence-electron chi connectivity index (χ1n) is 14.6. The van der Waals surface area contributed by atoms with Gasteiger partial charge in [-0.15, -0.1) is 0 Å². The molecule has 0 spiro atoms. The van der Waals surface area contributed by atoms with E-state index in [1.807, 2.05) is 0 Å². The van der Waals surface area contributed by atoms with Crippen molar-refractivity contribution in [3.05, 3.63) is 104 Å². The summed E-state index contributed by atoms with van der Waals surface area (Å²) in [5, 5.41) is 9.81. The van der Waals surface area contributed by atoms with Gasteiger partial charge < -0.3 is 10.0 Å². The minimum absolute atomic E-state index is 0.0621. The summed E-state index contributed by atoms with van der Waals surface area (Å²) < 4.78 is 42.2. The molecule has 0 saturated heterocycles. The number of carboxylic acids is 1. The Morgan fingerprint density at radius 1 is 1.04 bits per heavy atom. The molecule has 46 heavy (non-hydrogen) atoms. The van der Waals surface area contributed by atoms with Crippen molar-refractivity contribution in [1.29, 1.82) is 0 Å². The van der Waals surface area contributed by atoms with Gasteiger partial charge in [0.05, 0.1) is 24.5 Å². The van der Waals surface area contributed by atoms with Gasteiger partial charge in [0.15, 0.2) is 0 Å². The summed E-state index contributed by atoms with van der Waals surface area (Å²) in [6.45, 7) is -0.124. The summed E-state index contributed by atoms with van der Waals surface area (Å²) in [6, 6.07) is 12.5. The molecule has 1 fully saturated rings. The number of sulfonamides is 1. The van der Waals surface area contributed by atoms with Crippen LogP contribution in [-0.2, 0) is 26.3 Å². The zero-order chi connectivity index (χ0) is 33.2. The van der Waals surface area contributed by atoms with Gasteiger partial charge in [-0.05, 0) is 72.0 Å². The van der Waals surface area contributed by atoms with Crippen molar-refractivity contribution in [3.8, 4) is 0 Å². The molecule has 3 aromatic carbocycles. The molecule has 1 aliphatic carbocycles. The van der Waals surface area contributed by atoms with Crippen molar-refractivity contribution < 1.29 is 37.1 Å². The molecule has 4 atom stereocenters. The molecule has 3 aromatic rings. The first kappa shape index (κ1) is 33.8. The van der Waals surface area contributed by atoms with Gasteiger partial charge in [0.25, 0.3) is 5.91 Å². The number of carbonyl (C=O) groups is 3. The maximum absolute atomic E-state index is 14.8. The summed E-state index contributed by atoms with van der Waals surface area (Å²) in [7, 11) is -3.64. The number of carbonyl (C=O) groups excluding carboxylic acids is 2. The Morgan fingerprint density at radius 2 is 1.80 bits per heavy atom. The lowest BCUT2D eigenvalue weighted by molar-refractivity contribution is -0.135. The second-order valence-electron chi connectivity index (χ2n) is 11.5. The Morgan fingerprint density at radius 3 is 2.52 bits per heavy atom. The third-order valence-electron chi connectivity index (χ3n) is 8.30. The Hall–Kier alpha value is -3.55. The highest BCUT2D eigenvalue weighted by molar-refractivity contribution is 7.88. The molecule has 3 N–H and O–H groups in total. The van der Waals surface area contributed by atoms with Gasteiger partial charge >= 0.3 is 5.97 Å². The van der Waals surface area contributed by atoms with Crippen molar-refractivity contribution >= 4 is 51.0 Å². The van der Waals surface area contributed by atoms with Crippen molar-refractivity contribution in [2.24, 2.45) is 0 Å². The monoisotopic (exact) mass is 691 g/mol. The Balaban J connectivity index is 1.53. The third kappa shape index (κ3) is 7.69. The van der Waals surface area contributed by atoms with Crippen LogP contribution in [0.1, 0.15) is 81.5 Å². The lowest BCUT2D eigenvalue weighted by Crippen LogP contribution is -2.58. The van der Waals surface area contributed by atoms with E-state index in [0.29, 0.717) is 34.6 Å². The van der Waals surface area contributed by atoms with Crippen LogP contribution in [0.25, 0.3) is 0 Å². The van der Waals surface area contributed by atoms with Gasteiger partial charge in [0.2, 0.25) is 15.9 Å². The lowest BCUT2D eigenvalue weighted by atomic mass is 9.75. The number of fused-ring (bicyclic) bond motifs is 1. The fourth-order valence-corrected chi connectivity index (χ4v) is 7.79. The first-order valence-corrected chi connectivity index (χ1v) is 17.2. The lowest BCUT2D eigenvalue weighted by Gasteiger charge is -2.49. The Labute approximate surface area is 275 Å². The average Bonchev–Trinajstić information content (AvgIpc) is 2.98. The number of nitrogens with zero attached hydrogens (tertiary/aromatic N) is 1. The number of amides is 2. The van der Waals surface area contributed by atoms with Gasteiger partial charge in [-0.25, -0.2) is 27.8 Å². The number of hydrogen-bond acceptors (Lipinski definition) is 6. The highest BCUT2D eigenvalue weighted by Crippen LogP contribution is 2.49. The SMILES string of the molecule is CS(=O)(=O)N[C@H]1CCCC[C@@H]1N1C(=O)c2ccc(F)cc2[C@@H](CC(=O)NOCc2cccc(C(=O)O)c2)[C@@H]1c1ccc(Cl)cc1Cl. The molecule has 0 unspecified atom stereocenters. The minimum Gasteiger partial charge on any atom is -0.478 e. The topological polar surface area (TPSA) is 142 Å². The summed E-state index contributed by atoms with van der Waals surface area (Å²) in [5.41, 5.74) is 3.90. The summed E-state index contributed by atoms with van der Waals surface area (Å²) in [6.07, 6.45) is 3.24. The largest absolute Gasteiger partial charge is 0.478 e. The van der Waals surface area contributed by atoms with E-state index < -0.39 is 57.7 Å². The Kier molecular flexibility index (Phi) is 10.3. The van der Waals surface area contributed by atoms with Crippen molar-refractivity contribution in [2.75, 3.05) is 6.26 Å². The number of carboxylic acid groups (broad SMARTS) is 1. The number of hydrogen-bond donors (Lipinski definition) is 3. The van der Waals surface area contributed by atoms with Gasteiger partial charge in [-0.2, -0.15) is 0 Å².